The van der Waals surface area contributed by atoms with Crippen LogP contribution in [0.2, 0.25) is 0 Å². The van der Waals surface area contributed by atoms with Crippen LogP contribution in [0.25, 0.3) is 0 Å². The molecule has 0 amide bonds. The Labute approximate surface area is 100 Å². The van der Waals surface area contributed by atoms with Crippen molar-refractivity contribution >= 4 is 0 Å². The zero-order valence-corrected chi connectivity index (χ0v) is 11.1. The third kappa shape index (κ3) is 4.80. The average molecular weight is 219 g/mol. The van der Waals surface area contributed by atoms with E-state index in [2.05, 4.69) is 63.3 Å². The van der Waals surface area contributed by atoms with Gasteiger partial charge in [-0.1, -0.05) is 50.1 Å². The van der Waals surface area contributed by atoms with Crippen molar-refractivity contribution in [3.05, 3.63) is 35.9 Å². The molecule has 0 saturated carbocycles. The van der Waals surface area contributed by atoms with Crippen LogP contribution in [0.3, 0.4) is 0 Å². The van der Waals surface area contributed by atoms with Crippen molar-refractivity contribution in [3.63, 3.8) is 0 Å². The zero-order valence-electron chi connectivity index (χ0n) is 11.1. The molecule has 1 N–H and O–H groups in total. The first kappa shape index (κ1) is 13.2. The summed E-state index contributed by atoms with van der Waals surface area (Å²) < 4.78 is 0. The van der Waals surface area contributed by atoms with E-state index in [9.17, 15) is 0 Å². The largest absolute Gasteiger partial charge is 0.305 e. The minimum absolute atomic E-state index is 0.175. The number of benzene rings is 1. The lowest BCUT2D eigenvalue weighted by Crippen LogP contribution is -2.38. The van der Waals surface area contributed by atoms with Gasteiger partial charge in [0.05, 0.1) is 0 Å². The number of hydrogen-bond donors (Lipinski definition) is 1. The van der Waals surface area contributed by atoms with Crippen LogP contribution in [0.5, 0.6) is 0 Å². The second-order valence-corrected chi connectivity index (χ2v) is 5.50. The molecular weight excluding hydrogens is 194 g/mol. The Hall–Kier alpha value is -0.820. The van der Waals surface area contributed by atoms with E-state index < -0.39 is 0 Å². The summed E-state index contributed by atoms with van der Waals surface area (Å²) in [5, 5.41) is 3.71. The first-order valence-corrected chi connectivity index (χ1v) is 6.35. The standard InChI is InChI=1S/C15H25N/c1-5-6-12-14(16-15(2,3)4)13-10-8-7-9-11-13/h7-11,14,16H,5-6,12H2,1-4H3/t14-/m1/s1. The average Bonchev–Trinajstić information content (AvgIpc) is 2.24. The Morgan fingerprint density at radius 1 is 1.12 bits per heavy atom. The minimum atomic E-state index is 0.175. The molecule has 1 nitrogen and oxygen atoms in total. The third-order valence-corrected chi connectivity index (χ3v) is 2.66. The van der Waals surface area contributed by atoms with Crippen molar-refractivity contribution in [2.24, 2.45) is 0 Å². The van der Waals surface area contributed by atoms with E-state index in [1.807, 2.05) is 0 Å². The summed E-state index contributed by atoms with van der Waals surface area (Å²) >= 11 is 0. The van der Waals surface area contributed by atoms with Gasteiger partial charge < -0.3 is 5.32 Å². The van der Waals surface area contributed by atoms with Crippen LogP contribution in [-0.2, 0) is 0 Å². The smallest absolute Gasteiger partial charge is 0.0324 e. The van der Waals surface area contributed by atoms with Crippen molar-refractivity contribution in [1.82, 2.24) is 5.32 Å². The molecule has 0 radical (unpaired) electrons. The van der Waals surface area contributed by atoms with Gasteiger partial charge >= 0.3 is 0 Å². The fourth-order valence-electron chi connectivity index (χ4n) is 1.94. The molecule has 0 aromatic heterocycles. The molecule has 1 aromatic carbocycles. The molecule has 16 heavy (non-hydrogen) atoms. The molecular formula is C15H25N. The van der Waals surface area contributed by atoms with Gasteiger partial charge in [-0.15, -0.1) is 0 Å². The first-order valence-electron chi connectivity index (χ1n) is 6.35. The first-order chi connectivity index (χ1) is 7.53. The third-order valence-electron chi connectivity index (χ3n) is 2.66. The van der Waals surface area contributed by atoms with Crippen molar-refractivity contribution in [1.29, 1.82) is 0 Å². The SMILES string of the molecule is CCCC[C@@H](NC(C)(C)C)c1ccccc1. The highest BCUT2D eigenvalue weighted by Gasteiger charge is 2.17. The summed E-state index contributed by atoms with van der Waals surface area (Å²) in [6, 6.07) is 11.3. The van der Waals surface area contributed by atoms with E-state index in [1.165, 1.54) is 24.8 Å². The zero-order chi connectivity index (χ0) is 12.0. The van der Waals surface area contributed by atoms with Gasteiger partial charge in [-0.3, -0.25) is 0 Å². The fourth-order valence-corrected chi connectivity index (χ4v) is 1.94. The maximum atomic E-state index is 3.71. The lowest BCUT2D eigenvalue weighted by atomic mass is 9.97. The number of rotatable bonds is 5. The summed E-state index contributed by atoms with van der Waals surface area (Å²) in [7, 11) is 0. The molecule has 0 saturated heterocycles. The van der Waals surface area contributed by atoms with E-state index in [0.29, 0.717) is 6.04 Å². The molecule has 1 rings (SSSR count). The predicted molar refractivity (Wildman–Crippen MR) is 71.6 cm³/mol. The lowest BCUT2D eigenvalue weighted by Gasteiger charge is -2.29. The lowest BCUT2D eigenvalue weighted by molar-refractivity contribution is 0.345. The quantitative estimate of drug-likeness (QED) is 0.778. The maximum Gasteiger partial charge on any atom is 0.0324 e. The molecule has 0 aliphatic heterocycles. The van der Waals surface area contributed by atoms with E-state index >= 15 is 0 Å². The Bertz CT molecular complexity index is 284. The van der Waals surface area contributed by atoms with Crippen LogP contribution >= 0.6 is 0 Å². The summed E-state index contributed by atoms with van der Waals surface area (Å²) in [5.41, 5.74) is 1.58. The van der Waals surface area contributed by atoms with Gasteiger partial charge in [0.2, 0.25) is 0 Å². The molecule has 0 fully saturated rings. The van der Waals surface area contributed by atoms with Gasteiger partial charge in [0, 0.05) is 11.6 Å². The Morgan fingerprint density at radius 2 is 1.75 bits per heavy atom. The normalized spacial score (nSPS) is 13.8. The highest BCUT2D eigenvalue weighted by Crippen LogP contribution is 2.22. The summed E-state index contributed by atoms with van der Waals surface area (Å²) in [6.45, 7) is 8.94. The van der Waals surface area contributed by atoms with E-state index in [4.69, 9.17) is 0 Å². The molecule has 0 heterocycles. The van der Waals surface area contributed by atoms with Crippen molar-refractivity contribution in [3.8, 4) is 0 Å². The van der Waals surface area contributed by atoms with Crippen molar-refractivity contribution in [2.45, 2.75) is 58.5 Å². The van der Waals surface area contributed by atoms with Gasteiger partial charge in [-0.2, -0.15) is 0 Å². The van der Waals surface area contributed by atoms with Crippen LogP contribution in [0.4, 0.5) is 0 Å². The second-order valence-electron chi connectivity index (χ2n) is 5.50. The predicted octanol–water partition coefficient (Wildman–Crippen LogP) is 4.31. The monoisotopic (exact) mass is 219 g/mol. The second kappa shape index (κ2) is 6.05. The topological polar surface area (TPSA) is 12.0 Å². The highest BCUT2D eigenvalue weighted by molar-refractivity contribution is 5.19. The van der Waals surface area contributed by atoms with Gasteiger partial charge in [0.1, 0.15) is 0 Å². The molecule has 1 aromatic rings. The molecule has 0 aliphatic carbocycles. The van der Waals surface area contributed by atoms with Crippen LogP contribution in [0, 0.1) is 0 Å². The van der Waals surface area contributed by atoms with Crippen LogP contribution in [-0.4, -0.2) is 5.54 Å². The molecule has 90 valence electrons. The number of hydrogen-bond acceptors (Lipinski definition) is 1. The number of nitrogens with one attached hydrogen (secondary N) is 1. The Balaban J connectivity index is 2.71. The molecule has 0 bridgehead atoms. The van der Waals surface area contributed by atoms with E-state index in [-0.39, 0.29) is 5.54 Å². The molecule has 0 aliphatic rings. The molecule has 1 atom stereocenters. The van der Waals surface area contributed by atoms with E-state index in [0.717, 1.165) is 0 Å². The van der Waals surface area contributed by atoms with Crippen molar-refractivity contribution in [2.75, 3.05) is 0 Å². The summed E-state index contributed by atoms with van der Waals surface area (Å²) in [4.78, 5) is 0. The van der Waals surface area contributed by atoms with Crippen LogP contribution in [0.15, 0.2) is 30.3 Å². The van der Waals surface area contributed by atoms with Gasteiger partial charge in [-0.05, 0) is 32.8 Å². The van der Waals surface area contributed by atoms with Gasteiger partial charge in [0.15, 0.2) is 0 Å². The fraction of sp³-hybridized carbons (Fsp3) is 0.600. The minimum Gasteiger partial charge on any atom is -0.305 e. The Kier molecular flexibility index (Phi) is 5.01. The molecule has 0 spiro atoms. The summed E-state index contributed by atoms with van der Waals surface area (Å²) in [6.07, 6.45) is 3.76. The molecule has 0 unspecified atom stereocenters. The van der Waals surface area contributed by atoms with Crippen molar-refractivity contribution < 1.29 is 0 Å². The van der Waals surface area contributed by atoms with Crippen LogP contribution in [0.1, 0.15) is 58.6 Å². The summed E-state index contributed by atoms with van der Waals surface area (Å²) in [5.74, 6) is 0. The van der Waals surface area contributed by atoms with Gasteiger partial charge in [-0.25, -0.2) is 0 Å². The number of unbranched alkanes of at least 4 members (excludes halogenated alkanes) is 1. The maximum absolute atomic E-state index is 3.71. The van der Waals surface area contributed by atoms with E-state index in [1.54, 1.807) is 0 Å². The highest BCUT2D eigenvalue weighted by atomic mass is 15.0. The van der Waals surface area contributed by atoms with Crippen LogP contribution < -0.4 is 5.32 Å². The Morgan fingerprint density at radius 3 is 2.25 bits per heavy atom. The van der Waals surface area contributed by atoms with Gasteiger partial charge in [0.25, 0.3) is 0 Å². The molecule has 1 heteroatoms.